The molecule has 2 atom stereocenters. The second-order valence-electron chi connectivity index (χ2n) is 8.05. The molecule has 2 aromatic rings. The fourth-order valence-corrected chi connectivity index (χ4v) is 3.12. The minimum atomic E-state index is -0.762. The van der Waals surface area contributed by atoms with Gasteiger partial charge in [0.1, 0.15) is 6.33 Å². The zero-order valence-electron chi connectivity index (χ0n) is 17.9. The number of carbonyl (C=O) groups is 1. The van der Waals surface area contributed by atoms with Crippen molar-refractivity contribution in [3.05, 3.63) is 54.6 Å². The third kappa shape index (κ3) is 8.60. The summed E-state index contributed by atoms with van der Waals surface area (Å²) in [5.41, 5.74) is 1.30. The summed E-state index contributed by atoms with van der Waals surface area (Å²) in [5.74, 6) is 1.42. The third-order valence-electron chi connectivity index (χ3n) is 4.74. The predicted molar refractivity (Wildman–Crippen MR) is 114 cm³/mol. The van der Waals surface area contributed by atoms with Crippen molar-refractivity contribution >= 4 is 6.16 Å². The van der Waals surface area contributed by atoms with E-state index in [1.807, 2.05) is 19.9 Å². The Hall–Kier alpha value is -2.47. The number of carbonyl (C=O) groups excluding carboxylic acids is 1. The molecule has 1 heterocycles. The molecule has 0 aliphatic rings. The molecule has 0 radical (unpaired) electrons. The van der Waals surface area contributed by atoms with Gasteiger partial charge in [0.25, 0.3) is 0 Å². The first-order valence-corrected chi connectivity index (χ1v) is 10.4. The summed E-state index contributed by atoms with van der Waals surface area (Å²) in [5, 5.41) is 3.42. The molecule has 0 saturated carbocycles. The summed E-state index contributed by atoms with van der Waals surface area (Å²) in [6, 6.07) is 10.5. The van der Waals surface area contributed by atoms with Crippen molar-refractivity contribution in [1.29, 1.82) is 0 Å². The summed E-state index contributed by atoms with van der Waals surface area (Å²) >= 11 is 0. The second kappa shape index (κ2) is 12.2. The van der Waals surface area contributed by atoms with Crippen molar-refractivity contribution in [1.82, 2.24) is 15.3 Å². The second-order valence-corrected chi connectivity index (χ2v) is 8.05. The van der Waals surface area contributed by atoms with Crippen molar-refractivity contribution in [2.75, 3.05) is 6.54 Å². The van der Waals surface area contributed by atoms with Crippen molar-refractivity contribution in [3.8, 4) is 5.75 Å². The molecule has 1 aromatic heterocycles. The summed E-state index contributed by atoms with van der Waals surface area (Å²) in [6.45, 7) is 9.25. The van der Waals surface area contributed by atoms with E-state index in [-0.39, 0.29) is 11.7 Å². The van der Waals surface area contributed by atoms with Crippen molar-refractivity contribution < 1.29 is 14.3 Å². The van der Waals surface area contributed by atoms with E-state index in [4.69, 9.17) is 9.47 Å². The van der Waals surface area contributed by atoms with Gasteiger partial charge in [-0.3, -0.25) is 5.32 Å². The molecule has 6 heteroatoms. The third-order valence-corrected chi connectivity index (χ3v) is 4.74. The first kappa shape index (κ1) is 22.8. The van der Waals surface area contributed by atoms with Gasteiger partial charge in [0.15, 0.2) is 12.0 Å². The van der Waals surface area contributed by atoms with E-state index in [1.165, 1.54) is 37.1 Å². The SMILES string of the molecule is CC(C)CCCC(CNC(OC(=O)Oc1cncnc1)C(C)C)c1ccccc1. The number of hydrogen-bond donors (Lipinski definition) is 1. The fraction of sp³-hybridized carbons (Fsp3) is 0.522. The fourth-order valence-electron chi connectivity index (χ4n) is 3.12. The normalized spacial score (nSPS) is 13.3. The minimum Gasteiger partial charge on any atom is -0.415 e. The molecule has 0 amide bonds. The Morgan fingerprint density at radius 2 is 1.72 bits per heavy atom. The Morgan fingerprint density at radius 1 is 1.03 bits per heavy atom. The van der Waals surface area contributed by atoms with Gasteiger partial charge in [0, 0.05) is 12.5 Å². The molecule has 158 valence electrons. The number of nitrogens with zero attached hydrogens (tertiary/aromatic N) is 2. The highest BCUT2D eigenvalue weighted by Crippen LogP contribution is 2.23. The molecular weight excluding hydrogens is 366 g/mol. The lowest BCUT2D eigenvalue weighted by atomic mass is 9.91. The largest absolute Gasteiger partial charge is 0.515 e. The topological polar surface area (TPSA) is 73.3 Å². The van der Waals surface area contributed by atoms with E-state index in [1.54, 1.807) is 0 Å². The molecule has 1 aromatic carbocycles. The highest BCUT2D eigenvalue weighted by Gasteiger charge is 2.22. The molecular formula is C23H33N3O3. The standard InChI is InChI=1S/C23H33N3O3/c1-17(2)9-8-12-20(19-10-6-5-7-11-19)13-26-22(18(3)4)29-23(27)28-21-14-24-16-25-15-21/h5-7,10-11,14-18,20,22,26H,8-9,12-13H2,1-4H3. The van der Waals surface area contributed by atoms with Crippen LogP contribution in [0.25, 0.3) is 0 Å². The average Bonchev–Trinajstić information content (AvgIpc) is 2.70. The van der Waals surface area contributed by atoms with Crippen LogP contribution in [0.4, 0.5) is 4.79 Å². The molecule has 0 bridgehead atoms. The molecule has 0 saturated heterocycles. The number of aromatic nitrogens is 2. The molecule has 2 rings (SSSR count). The molecule has 29 heavy (non-hydrogen) atoms. The summed E-state index contributed by atoms with van der Waals surface area (Å²) in [6.07, 6.45) is 6.48. The number of nitrogens with one attached hydrogen (secondary N) is 1. The Morgan fingerprint density at radius 3 is 2.34 bits per heavy atom. The van der Waals surface area contributed by atoms with E-state index >= 15 is 0 Å². The van der Waals surface area contributed by atoms with Gasteiger partial charge in [-0.25, -0.2) is 14.8 Å². The first-order valence-electron chi connectivity index (χ1n) is 10.4. The van der Waals surface area contributed by atoms with E-state index in [0.717, 1.165) is 13.0 Å². The molecule has 0 aliphatic carbocycles. The van der Waals surface area contributed by atoms with Crippen LogP contribution in [0, 0.1) is 11.8 Å². The maximum atomic E-state index is 12.1. The Labute approximate surface area is 174 Å². The van der Waals surface area contributed by atoms with E-state index in [9.17, 15) is 4.79 Å². The van der Waals surface area contributed by atoms with Gasteiger partial charge in [-0.1, -0.05) is 70.9 Å². The van der Waals surface area contributed by atoms with Crippen LogP contribution in [0.5, 0.6) is 5.75 Å². The van der Waals surface area contributed by atoms with Crippen molar-refractivity contribution in [2.45, 2.75) is 59.1 Å². The molecule has 6 nitrogen and oxygen atoms in total. The van der Waals surface area contributed by atoms with E-state index in [2.05, 4.69) is 53.4 Å². The Bertz CT molecular complexity index is 708. The number of ether oxygens (including phenoxy) is 2. The van der Waals surface area contributed by atoms with Crippen LogP contribution < -0.4 is 10.1 Å². The summed E-state index contributed by atoms with van der Waals surface area (Å²) in [7, 11) is 0. The highest BCUT2D eigenvalue weighted by atomic mass is 16.7. The first-order chi connectivity index (χ1) is 14.0. The number of hydrogen-bond acceptors (Lipinski definition) is 6. The lowest BCUT2D eigenvalue weighted by Crippen LogP contribution is -2.41. The lowest BCUT2D eigenvalue weighted by molar-refractivity contribution is 0.0190. The number of benzene rings is 1. The molecule has 1 N–H and O–H groups in total. The van der Waals surface area contributed by atoms with E-state index < -0.39 is 12.4 Å². The molecule has 0 spiro atoms. The van der Waals surface area contributed by atoms with Gasteiger partial charge in [0.2, 0.25) is 0 Å². The summed E-state index contributed by atoms with van der Waals surface area (Å²) in [4.78, 5) is 19.8. The predicted octanol–water partition coefficient (Wildman–Crippen LogP) is 5.17. The monoisotopic (exact) mass is 399 g/mol. The molecule has 0 aliphatic heterocycles. The highest BCUT2D eigenvalue weighted by molar-refractivity contribution is 5.63. The van der Waals surface area contributed by atoms with Crippen LogP contribution in [0.15, 0.2) is 49.1 Å². The Balaban J connectivity index is 1.94. The van der Waals surface area contributed by atoms with Crippen LogP contribution in [0.1, 0.15) is 58.4 Å². The smallest absolute Gasteiger partial charge is 0.415 e. The molecule has 2 unspecified atom stereocenters. The van der Waals surface area contributed by atoms with Gasteiger partial charge in [-0.05, 0) is 23.8 Å². The van der Waals surface area contributed by atoms with Crippen molar-refractivity contribution in [3.63, 3.8) is 0 Å². The quantitative estimate of drug-likeness (QED) is 0.415. The van der Waals surface area contributed by atoms with Crippen LogP contribution in [-0.2, 0) is 4.74 Å². The Kier molecular flexibility index (Phi) is 9.57. The summed E-state index contributed by atoms with van der Waals surface area (Å²) < 4.78 is 10.7. The maximum absolute atomic E-state index is 12.1. The van der Waals surface area contributed by atoms with Gasteiger partial charge in [-0.2, -0.15) is 0 Å². The van der Waals surface area contributed by atoms with Crippen LogP contribution in [-0.4, -0.2) is 28.9 Å². The number of rotatable bonds is 11. The zero-order valence-corrected chi connectivity index (χ0v) is 17.9. The minimum absolute atomic E-state index is 0.0988. The van der Waals surface area contributed by atoms with Crippen molar-refractivity contribution in [2.24, 2.45) is 11.8 Å². The van der Waals surface area contributed by atoms with Crippen LogP contribution in [0.2, 0.25) is 0 Å². The lowest BCUT2D eigenvalue weighted by Gasteiger charge is -2.26. The average molecular weight is 400 g/mol. The van der Waals surface area contributed by atoms with Crippen LogP contribution >= 0.6 is 0 Å². The maximum Gasteiger partial charge on any atom is 0.515 e. The van der Waals surface area contributed by atoms with Gasteiger partial charge in [-0.15, -0.1) is 0 Å². The van der Waals surface area contributed by atoms with Gasteiger partial charge >= 0.3 is 6.16 Å². The molecule has 0 fully saturated rings. The van der Waals surface area contributed by atoms with Gasteiger partial charge < -0.3 is 9.47 Å². The van der Waals surface area contributed by atoms with Gasteiger partial charge in [0.05, 0.1) is 12.4 Å². The van der Waals surface area contributed by atoms with Crippen LogP contribution in [0.3, 0.4) is 0 Å². The van der Waals surface area contributed by atoms with E-state index in [0.29, 0.717) is 11.8 Å². The zero-order chi connectivity index (χ0) is 21.1.